The predicted octanol–water partition coefficient (Wildman–Crippen LogP) is 13.5. The number of fused-ring (bicyclic) bond motifs is 2. The highest BCUT2D eigenvalue weighted by molar-refractivity contribution is 6.05. The van der Waals surface area contributed by atoms with Gasteiger partial charge in [-0.1, -0.05) is 47.5 Å². The summed E-state index contributed by atoms with van der Waals surface area (Å²) in [6, 6.07) is 34.6. The summed E-state index contributed by atoms with van der Waals surface area (Å²) in [5, 5.41) is 63.0. The van der Waals surface area contributed by atoms with Gasteiger partial charge in [0.1, 0.15) is 11.4 Å². The fourth-order valence-corrected chi connectivity index (χ4v) is 7.82. The topological polar surface area (TPSA) is 239 Å². The summed E-state index contributed by atoms with van der Waals surface area (Å²) in [5.74, 6) is 1.61. The van der Waals surface area contributed by atoms with Crippen LogP contribution in [0.1, 0.15) is 33.4 Å². The zero-order chi connectivity index (χ0) is 49.1. The van der Waals surface area contributed by atoms with Gasteiger partial charge in [-0.3, -0.25) is 0 Å². The van der Waals surface area contributed by atoms with Crippen molar-refractivity contribution in [2.75, 3.05) is 46.0 Å². The fraction of sp³-hybridized carbons (Fsp3) is 0.154. The smallest absolute Gasteiger partial charge is 0.233 e. The van der Waals surface area contributed by atoms with Gasteiger partial charge in [0.15, 0.2) is 11.5 Å². The average Bonchev–Trinajstić information content (AvgIpc) is 3.32. The molecule has 18 heteroatoms. The fourth-order valence-electron chi connectivity index (χ4n) is 7.82. The Bertz CT molecular complexity index is 3260. The summed E-state index contributed by atoms with van der Waals surface area (Å²) >= 11 is 0. The molecular formula is C52H50N16O2. The van der Waals surface area contributed by atoms with E-state index >= 15 is 0 Å². The number of phenolic OH excluding ortho intramolecular Hbond substituents is 2. The Morgan fingerprint density at radius 3 is 1.07 bits per heavy atom. The molecular weight excluding hydrogens is 881 g/mol. The highest BCUT2D eigenvalue weighted by Gasteiger charge is 2.19. The predicted molar refractivity (Wildman–Crippen MR) is 279 cm³/mol. The first-order valence-electron chi connectivity index (χ1n) is 22.4. The molecule has 70 heavy (non-hydrogen) atoms. The van der Waals surface area contributed by atoms with Crippen molar-refractivity contribution < 1.29 is 10.2 Å². The third-order valence-corrected chi connectivity index (χ3v) is 11.2. The van der Waals surface area contributed by atoms with Gasteiger partial charge >= 0.3 is 0 Å². The largest absolute Gasteiger partial charge is 0.505 e. The van der Waals surface area contributed by atoms with Crippen molar-refractivity contribution in [3.63, 3.8) is 0 Å². The summed E-state index contributed by atoms with van der Waals surface area (Å²) < 4.78 is 0. The van der Waals surface area contributed by atoms with E-state index in [1.54, 1.807) is 14.1 Å². The Morgan fingerprint density at radius 1 is 0.371 bits per heavy atom. The lowest BCUT2D eigenvalue weighted by Crippen LogP contribution is -2.08. The number of benzene rings is 7. The minimum atomic E-state index is -0.0159. The van der Waals surface area contributed by atoms with Gasteiger partial charge < -0.3 is 42.1 Å². The molecule has 0 spiro atoms. The van der Waals surface area contributed by atoms with Crippen molar-refractivity contribution in [2.24, 2.45) is 20.5 Å². The van der Waals surface area contributed by atoms with Crippen molar-refractivity contribution >= 4 is 103 Å². The number of phenols is 2. The molecule has 9 rings (SSSR count). The first-order valence-corrected chi connectivity index (χ1v) is 22.4. The normalized spacial score (nSPS) is 11.4. The summed E-state index contributed by atoms with van der Waals surface area (Å²) in [4.78, 5) is 27.6. The molecule has 7 aromatic carbocycles. The monoisotopic (exact) mass is 930 g/mol. The maximum absolute atomic E-state index is 11.7. The van der Waals surface area contributed by atoms with Crippen molar-refractivity contribution in [1.29, 1.82) is 0 Å². The second-order valence-electron chi connectivity index (χ2n) is 16.9. The number of hydrogen-bond acceptors (Lipinski definition) is 18. The Labute approximate surface area is 403 Å². The minimum Gasteiger partial charge on any atom is -0.505 e. The number of aromatic nitrogens is 6. The number of azo groups is 2. The molecule has 0 fully saturated rings. The number of nitrogens with zero attached hydrogens (tertiary/aromatic N) is 10. The van der Waals surface area contributed by atoms with Gasteiger partial charge in [0.05, 0.1) is 22.7 Å². The van der Waals surface area contributed by atoms with E-state index in [0.29, 0.717) is 68.2 Å². The van der Waals surface area contributed by atoms with Crippen LogP contribution in [0.15, 0.2) is 130 Å². The van der Waals surface area contributed by atoms with Gasteiger partial charge in [0.2, 0.25) is 35.7 Å². The van der Waals surface area contributed by atoms with E-state index in [9.17, 15) is 10.2 Å². The number of nitrogens with one attached hydrogen (secondary N) is 6. The lowest BCUT2D eigenvalue weighted by Gasteiger charge is -2.15. The number of hydrogen-bond donors (Lipinski definition) is 8. The van der Waals surface area contributed by atoms with Gasteiger partial charge in [-0.25, -0.2) is 0 Å². The zero-order valence-electron chi connectivity index (χ0n) is 39.8. The molecule has 2 heterocycles. The highest BCUT2D eigenvalue weighted by atomic mass is 16.3. The molecule has 2 aromatic heterocycles. The molecule has 0 amide bonds. The molecule has 0 aliphatic carbocycles. The maximum atomic E-state index is 11.7. The quantitative estimate of drug-likeness (QED) is 0.0473. The molecule has 0 unspecified atom stereocenters. The molecule has 0 aliphatic heterocycles. The Morgan fingerprint density at radius 2 is 0.714 bits per heavy atom. The van der Waals surface area contributed by atoms with Crippen LogP contribution in [0, 0.1) is 41.5 Å². The van der Waals surface area contributed by atoms with Crippen molar-refractivity contribution in [3.8, 4) is 11.5 Å². The van der Waals surface area contributed by atoms with Gasteiger partial charge in [-0.05, 0) is 147 Å². The number of anilines is 10. The molecule has 0 saturated carbocycles. The average molecular weight is 931 g/mol. The Hall–Kier alpha value is -9.32. The first kappa shape index (κ1) is 45.8. The SMILES string of the molecule is CNc1nc(Nc2ccc(Nc3nc(NC)nc(Nc4cc(C)cc5cc(C)c(N=Nc6ccc(C)cc6)c(O)c45)n3)cc2)nc(Nc2cc(C)cc3cc(C)c(N=Nc4ccc(C)cc4)c(O)c23)n1. The van der Waals surface area contributed by atoms with E-state index in [0.717, 1.165) is 44.2 Å². The van der Waals surface area contributed by atoms with Gasteiger partial charge in [0.25, 0.3) is 0 Å². The second-order valence-corrected chi connectivity index (χ2v) is 16.9. The van der Waals surface area contributed by atoms with E-state index in [2.05, 4.69) is 82.3 Å². The van der Waals surface area contributed by atoms with Crippen LogP contribution in [0.2, 0.25) is 0 Å². The number of aromatic hydroxyl groups is 2. The van der Waals surface area contributed by atoms with Crippen molar-refractivity contribution in [1.82, 2.24) is 29.9 Å². The highest BCUT2D eigenvalue weighted by Crippen LogP contribution is 2.45. The molecule has 0 bridgehead atoms. The van der Waals surface area contributed by atoms with Crippen LogP contribution in [0.25, 0.3) is 21.5 Å². The minimum absolute atomic E-state index is 0.0159. The molecule has 8 N–H and O–H groups in total. The van der Waals surface area contributed by atoms with Crippen molar-refractivity contribution in [2.45, 2.75) is 41.5 Å². The first-order chi connectivity index (χ1) is 33.8. The van der Waals surface area contributed by atoms with Crippen LogP contribution < -0.4 is 31.9 Å². The molecule has 18 nitrogen and oxygen atoms in total. The van der Waals surface area contributed by atoms with E-state index in [4.69, 9.17) is 0 Å². The van der Waals surface area contributed by atoms with Gasteiger partial charge in [-0.15, -0.1) is 10.2 Å². The lowest BCUT2D eigenvalue weighted by molar-refractivity contribution is 0.482. The number of aryl methyl sites for hydroxylation is 6. The zero-order valence-corrected chi connectivity index (χ0v) is 39.8. The van der Waals surface area contributed by atoms with Crippen LogP contribution in [-0.4, -0.2) is 54.2 Å². The van der Waals surface area contributed by atoms with Crippen LogP contribution in [0.3, 0.4) is 0 Å². The molecule has 9 aromatic rings. The summed E-state index contributed by atoms with van der Waals surface area (Å²) in [6.07, 6.45) is 0. The molecule has 0 atom stereocenters. The maximum Gasteiger partial charge on any atom is 0.233 e. The molecule has 0 saturated heterocycles. The molecule has 0 aliphatic rings. The third-order valence-electron chi connectivity index (χ3n) is 11.2. The van der Waals surface area contributed by atoms with Gasteiger partial charge in [0, 0.05) is 36.2 Å². The van der Waals surface area contributed by atoms with Crippen LogP contribution in [-0.2, 0) is 0 Å². The van der Waals surface area contributed by atoms with Crippen molar-refractivity contribution in [3.05, 3.63) is 143 Å². The molecule has 0 radical (unpaired) electrons. The third kappa shape index (κ3) is 10.2. The molecule has 350 valence electrons. The Balaban J connectivity index is 0.940. The lowest BCUT2D eigenvalue weighted by atomic mass is 10.0. The number of rotatable bonds is 14. The van der Waals surface area contributed by atoms with E-state index in [1.165, 1.54) is 0 Å². The van der Waals surface area contributed by atoms with E-state index in [1.807, 2.05) is 151 Å². The summed E-state index contributed by atoms with van der Waals surface area (Å²) in [7, 11) is 3.44. The van der Waals surface area contributed by atoms with E-state index in [-0.39, 0.29) is 35.3 Å². The Kier molecular flexibility index (Phi) is 12.8. The van der Waals surface area contributed by atoms with Crippen LogP contribution in [0.4, 0.5) is 81.2 Å². The summed E-state index contributed by atoms with van der Waals surface area (Å²) in [5.41, 5.74) is 10.3. The van der Waals surface area contributed by atoms with Crippen LogP contribution >= 0.6 is 0 Å². The van der Waals surface area contributed by atoms with E-state index < -0.39 is 0 Å². The summed E-state index contributed by atoms with van der Waals surface area (Å²) in [6.45, 7) is 11.8. The van der Waals surface area contributed by atoms with Gasteiger partial charge in [-0.2, -0.15) is 40.1 Å². The van der Waals surface area contributed by atoms with Crippen LogP contribution in [0.5, 0.6) is 11.5 Å². The second kappa shape index (κ2) is 19.5. The standard InChI is InChI=1S/C52H50N16O2/c1-27-9-13-37(14-10-27)65-67-43-31(5)25-33-21-29(3)23-39(41(33)45(43)69)57-51-61-47(53-7)59-49(63-51)55-35-17-19-36(20-18-35)56-50-60-48(54-8)62-52(64-50)58-40-24-30(4)22-34-26-32(6)44(46(70)42(34)40)68-66-38-15-11-28(2)12-16-38/h9-26,69-70H,1-8H3,(H3,53,55,57,59,61,63)(H3,54,56,58,60,62,64).